The Morgan fingerprint density at radius 1 is 1.08 bits per heavy atom. The van der Waals surface area contributed by atoms with Gasteiger partial charge in [-0.3, -0.25) is 0 Å². The molecule has 0 aromatic heterocycles. The molecule has 3 nitrogen and oxygen atoms in total. The maximum absolute atomic E-state index is 13.4. The lowest BCUT2D eigenvalue weighted by Gasteiger charge is -2.28. The van der Waals surface area contributed by atoms with E-state index in [1.165, 1.54) is 37.4 Å². The third-order valence-electron chi connectivity index (χ3n) is 3.84. The molecule has 0 spiro atoms. The highest BCUT2D eigenvalue weighted by atomic mass is 19.2. The molecule has 0 aliphatic heterocycles. The van der Waals surface area contributed by atoms with Crippen LogP contribution >= 0.6 is 0 Å². The first-order chi connectivity index (χ1) is 11.3. The lowest BCUT2D eigenvalue weighted by molar-refractivity contribution is 0.0487. The fourth-order valence-corrected chi connectivity index (χ4v) is 2.40. The molecule has 0 radical (unpaired) electrons. The first-order valence-electron chi connectivity index (χ1n) is 7.49. The number of rotatable bonds is 7. The van der Waals surface area contributed by atoms with Gasteiger partial charge in [0.05, 0.1) is 18.2 Å². The molecule has 0 saturated carbocycles. The third kappa shape index (κ3) is 4.56. The van der Waals surface area contributed by atoms with Crippen molar-refractivity contribution in [2.75, 3.05) is 20.3 Å². The molecule has 0 amide bonds. The second-order valence-corrected chi connectivity index (χ2v) is 5.84. The smallest absolute Gasteiger partial charge is 0.159 e. The maximum Gasteiger partial charge on any atom is 0.159 e. The Balaban J connectivity index is 2.12. The van der Waals surface area contributed by atoms with Gasteiger partial charge in [-0.2, -0.15) is 0 Å². The van der Waals surface area contributed by atoms with E-state index in [2.05, 4.69) is 5.32 Å². The van der Waals surface area contributed by atoms with E-state index >= 15 is 0 Å². The Hall–Kier alpha value is -1.89. The molecule has 2 unspecified atom stereocenters. The molecule has 2 atom stereocenters. The van der Waals surface area contributed by atoms with Crippen molar-refractivity contribution in [1.29, 1.82) is 0 Å². The van der Waals surface area contributed by atoms with Gasteiger partial charge < -0.3 is 15.2 Å². The molecular formula is C18H20F3NO2. The summed E-state index contributed by atoms with van der Waals surface area (Å²) in [6.45, 7) is 1.92. The fourth-order valence-electron chi connectivity index (χ4n) is 2.40. The van der Waals surface area contributed by atoms with Crippen LogP contribution in [0.4, 0.5) is 13.2 Å². The van der Waals surface area contributed by atoms with Crippen molar-refractivity contribution in [3.8, 4) is 0 Å². The molecule has 2 aromatic carbocycles. The van der Waals surface area contributed by atoms with Crippen LogP contribution in [0.2, 0.25) is 0 Å². The molecule has 0 fully saturated rings. The average Bonchev–Trinajstić information content (AvgIpc) is 2.54. The minimum Gasteiger partial charge on any atom is -0.384 e. The minimum absolute atomic E-state index is 0.117. The standard InChI is InChI=1S/C18H20F3NO2/c1-18(23,13-4-6-14(19)7-5-13)11-22-17(10-24-2)12-3-8-15(20)16(21)9-12/h3-9,17,22-23H,10-11H2,1-2H3. The van der Waals surface area contributed by atoms with E-state index in [9.17, 15) is 18.3 Å². The molecule has 6 heteroatoms. The van der Waals surface area contributed by atoms with E-state index in [-0.39, 0.29) is 19.0 Å². The highest BCUT2D eigenvalue weighted by Crippen LogP contribution is 2.23. The summed E-state index contributed by atoms with van der Waals surface area (Å²) in [5, 5.41) is 13.7. The summed E-state index contributed by atoms with van der Waals surface area (Å²) < 4.78 is 44.6. The third-order valence-corrected chi connectivity index (χ3v) is 3.84. The zero-order chi connectivity index (χ0) is 17.7. The van der Waals surface area contributed by atoms with Crippen molar-refractivity contribution >= 4 is 0 Å². The van der Waals surface area contributed by atoms with Gasteiger partial charge in [-0.15, -0.1) is 0 Å². The van der Waals surface area contributed by atoms with E-state index in [0.717, 1.165) is 12.1 Å². The van der Waals surface area contributed by atoms with Crippen LogP contribution in [0.25, 0.3) is 0 Å². The van der Waals surface area contributed by atoms with Crippen molar-refractivity contribution in [3.63, 3.8) is 0 Å². The fraction of sp³-hybridized carbons (Fsp3) is 0.333. The summed E-state index contributed by atoms with van der Waals surface area (Å²) in [4.78, 5) is 0. The predicted octanol–water partition coefficient (Wildman–Crippen LogP) is 3.29. The second kappa shape index (κ2) is 7.79. The number of aliphatic hydroxyl groups is 1. The van der Waals surface area contributed by atoms with Crippen molar-refractivity contribution in [2.45, 2.75) is 18.6 Å². The Morgan fingerprint density at radius 2 is 1.75 bits per heavy atom. The van der Waals surface area contributed by atoms with E-state index in [0.29, 0.717) is 11.1 Å². The average molecular weight is 339 g/mol. The molecule has 2 aromatic rings. The SMILES string of the molecule is COCC(NCC(C)(O)c1ccc(F)cc1)c1ccc(F)c(F)c1. The molecule has 2 N–H and O–H groups in total. The quantitative estimate of drug-likeness (QED) is 0.813. The Labute approximate surface area is 139 Å². The highest BCUT2D eigenvalue weighted by molar-refractivity contribution is 5.24. The van der Waals surface area contributed by atoms with Crippen molar-refractivity contribution < 1.29 is 23.0 Å². The summed E-state index contributed by atoms with van der Waals surface area (Å²) >= 11 is 0. The van der Waals surface area contributed by atoms with Crippen LogP contribution in [0.1, 0.15) is 24.1 Å². The Morgan fingerprint density at radius 3 is 2.33 bits per heavy atom. The largest absolute Gasteiger partial charge is 0.384 e. The normalized spacial score (nSPS) is 15.1. The van der Waals surface area contributed by atoms with Crippen LogP contribution in [-0.2, 0) is 10.3 Å². The molecule has 24 heavy (non-hydrogen) atoms. The number of benzene rings is 2. The maximum atomic E-state index is 13.4. The summed E-state index contributed by atoms with van der Waals surface area (Å²) in [6.07, 6.45) is 0. The zero-order valence-corrected chi connectivity index (χ0v) is 13.5. The van der Waals surface area contributed by atoms with Crippen molar-refractivity contribution in [3.05, 3.63) is 71.0 Å². The van der Waals surface area contributed by atoms with Crippen LogP contribution in [0.15, 0.2) is 42.5 Å². The lowest BCUT2D eigenvalue weighted by atomic mass is 9.95. The van der Waals surface area contributed by atoms with Gasteiger partial charge >= 0.3 is 0 Å². The molecule has 0 bridgehead atoms. The number of hydrogen-bond donors (Lipinski definition) is 2. The van der Waals surface area contributed by atoms with Crippen molar-refractivity contribution in [1.82, 2.24) is 5.32 Å². The summed E-state index contributed by atoms with van der Waals surface area (Å²) in [7, 11) is 1.49. The van der Waals surface area contributed by atoms with Gasteiger partial charge in [0.25, 0.3) is 0 Å². The summed E-state index contributed by atoms with van der Waals surface area (Å²) in [6, 6.07) is 8.71. The molecule has 130 valence electrons. The number of methoxy groups -OCH3 is 1. The summed E-state index contributed by atoms with van der Waals surface area (Å²) in [5.41, 5.74) is -0.221. The Kier molecular flexibility index (Phi) is 5.99. The van der Waals surface area contributed by atoms with E-state index in [1.807, 2.05) is 0 Å². The van der Waals surface area contributed by atoms with Crippen LogP contribution in [-0.4, -0.2) is 25.4 Å². The molecule has 2 rings (SSSR count). The van der Waals surface area contributed by atoms with Gasteiger partial charge in [0.1, 0.15) is 5.82 Å². The number of nitrogens with one attached hydrogen (secondary N) is 1. The molecule has 0 heterocycles. The lowest BCUT2D eigenvalue weighted by Crippen LogP contribution is -2.38. The topological polar surface area (TPSA) is 41.5 Å². The van der Waals surface area contributed by atoms with Crippen molar-refractivity contribution in [2.24, 2.45) is 0 Å². The van der Waals surface area contributed by atoms with E-state index < -0.39 is 23.3 Å². The van der Waals surface area contributed by atoms with Gasteiger partial charge in [-0.05, 0) is 42.3 Å². The van der Waals surface area contributed by atoms with Crippen LogP contribution < -0.4 is 5.32 Å². The number of hydrogen-bond acceptors (Lipinski definition) is 3. The second-order valence-electron chi connectivity index (χ2n) is 5.84. The minimum atomic E-state index is -1.27. The monoisotopic (exact) mass is 339 g/mol. The van der Waals surface area contributed by atoms with Gasteiger partial charge in [0.2, 0.25) is 0 Å². The van der Waals surface area contributed by atoms with E-state index in [1.54, 1.807) is 6.92 Å². The Bertz CT molecular complexity index is 674. The van der Waals surface area contributed by atoms with Gasteiger partial charge in [0, 0.05) is 13.7 Å². The van der Waals surface area contributed by atoms with Crippen LogP contribution in [0.5, 0.6) is 0 Å². The van der Waals surface area contributed by atoms with Gasteiger partial charge in [-0.25, -0.2) is 13.2 Å². The first-order valence-corrected chi connectivity index (χ1v) is 7.49. The van der Waals surface area contributed by atoms with Crippen LogP contribution in [0.3, 0.4) is 0 Å². The van der Waals surface area contributed by atoms with Gasteiger partial charge in [0.15, 0.2) is 11.6 Å². The van der Waals surface area contributed by atoms with Gasteiger partial charge in [-0.1, -0.05) is 18.2 Å². The number of ether oxygens (including phenoxy) is 1. The zero-order valence-electron chi connectivity index (χ0n) is 13.5. The predicted molar refractivity (Wildman–Crippen MR) is 84.9 cm³/mol. The number of halogens is 3. The molecule has 0 aliphatic rings. The highest BCUT2D eigenvalue weighted by Gasteiger charge is 2.25. The summed E-state index contributed by atoms with van der Waals surface area (Å²) in [5.74, 6) is -2.25. The molecule has 0 aliphatic carbocycles. The molecule has 0 saturated heterocycles. The van der Waals surface area contributed by atoms with E-state index in [4.69, 9.17) is 4.74 Å². The first kappa shape index (κ1) is 18.4. The van der Waals surface area contributed by atoms with Crippen LogP contribution in [0, 0.1) is 17.5 Å². The molecular weight excluding hydrogens is 319 g/mol.